The molecule has 0 saturated carbocycles. The smallest absolute Gasteiger partial charge is 0.0740 e. The van der Waals surface area contributed by atoms with Crippen LogP contribution in [-0.2, 0) is 6.54 Å². The number of nitrogens with zero attached hydrogens (tertiary/aromatic N) is 2. The maximum atomic E-state index is 5.58. The van der Waals surface area contributed by atoms with E-state index in [4.69, 9.17) is 18.0 Å². The number of pyridine rings is 1. The Balaban J connectivity index is 2.65. The molecule has 18 heavy (non-hydrogen) atoms. The summed E-state index contributed by atoms with van der Waals surface area (Å²) in [5, 5.41) is 0. The summed E-state index contributed by atoms with van der Waals surface area (Å²) in [5.74, 6) is 0.625. The molecule has 0 atom stereocenters. The summed E-state index contributed by atoms with van der Waals surface area (Å²) in [6.07, 6.45) is 2.62. The Morgan fingerprint density at radius 2 is 2.22 bits per heavy atom. The van der Waals surface area contributed by atoms with Gasteiger partial charge in [-0.3, -0.25) is 9.88 Å². The third kappa shape index (κ3) is 5.56. The molecule has 1 heterocycles. The van der Waals surface area contributed by atoms with Gasteiger partial charge in [-0.15, -0.1) is 0 Å². The summed E-state index contributed by atoms with van der Waals surface area (Å²) in [6.45, 7) is 9.36. The lowest BCUT2D eigenvalue weighted by atomic mass is 10.1. The molecule has 0 unspecified atom stereocenters. The predicted octanol–water partition coefficient (Wildman–Crippen LogP) is 2.52. The van der Waals surface area contributed by atoms with Crippen molar-refractivity contribution in [3.05, 3.63) is 29.6 Å². The molecule has 100 valence electrons. The fraction of sp³-hybridized carbons (Fsp3) is 0.571. The molecular formula is C14H23N3S. The summed E-state index contributed by atoms with van der Waals surface area (Å²) in [6, 6.07) is 4.07. The molecule has 0 amide bonds. The molecule has 0 spiro atoms. The zero-order valence-electron chi connectivity index (χ0n) is 11.5. The summed E-state index contributed by atoms with van der Waals surface area (Å²) in [5.41, 5.74) is 7.96. The van der Waals surface area contributed by atoms with Gasteiger partial charge >= 0.3 is 0 Å². The average Bonchev–Trinajstić information content (AvgIpc) is 2.28. The van der Waals surface area contributed by atoms with Crippen molar-refractivity contribution in [1.29, 1.82) is 0 Å². The Morgan fingerprint density at radius 1 is 1.50 bits per heavy atom. The fourth-order valence-electron chi connectivity index (χ4n) is 1.92. The van der Waals surface area contributed by atoms with Gasteiger partial charge in [0.25, 0.3) is 0 Å². The van der Waals surface area contributed by atoms with E-state index in [-0.39, 0.29) is 0 Å². The normalized spacial score (nSPS) is 11.2. The lowest BCUT2D eigenvalue weighted by Gasteiger charge is -2.24. The third-order valence-electron chi connectivity index (χ3n) is 2.79. The van der Waals surface area contributed by atoms with Crippen molar-refractivity contribution < 1.29 is 0 Å². The maximum Gasteiger partial charge on any atom is 0.0740 e. The highest BCUT2D eigenvalue weighted by molar-refractivity contribution is 7.80. The first-order valence-electron chi connectivity index (χ1n) is 6.40. The van der Waals surface area contributed by atoms with Crippen LogP contribution < -0.4 is 5.73 Å². The molecule has 3 nitrogen and oxygen atoms in total. The van der Waals surface area contributed by atoms with Gasteiger partial charge in [0.15, 0.2) is 0 Å². The molecule has 1 aromatic heterocycles. The highest BCUT2D eigenvalue weighted by Crippen LogP contribution is 2.10. The largest absolute Gasteiger partial charge is 0.393 e. The molecular weight excluding hydrogens is 242 g/mol. The molecule has 2 N–H and O–H groups in total. The molecule has 0 aliphatic carbocycles. The second kappa shape index (κ2) is 7.44. The van der Waals surface area contributed by atoms with E-state index in [1.54, 1.807) is 0 Å². The summed E-state index contributed by atoms with van der Waals surface area (Å²) >= 11 is 4.95. The van der Waals surface area contributed by atoms with Gasteiger partial charge in [0.1, 0.15) is 0 Å². The molecule has 1 rings (SSSR count). The molecule has 0 aliphatic heterocycles. The minimum absolute atomic E-state index is 0.585. The van der Waals surface area contributed by atoms with Crippen molar-refractivity contribution in [2.24, 2.45) is 11.7 Å². The molecule has 0 fully saturated rings. The van der Waals surface area contributed by atoms with Gasteiger partial charge in [0.05, 0.1) is 10.7 Å². The average molecular weight is 265 g/mol. The standard InChI is InChI=1S/C14H23N3S/c1-11(2)9-17(8-6-14(15)18)10-13-12(3)5-4-7-16-13/h4-5,7,11H,6,8-10H2,1-3H3,(H2,15,18). The molecule has 1 aromatic rings. The van der Waals surface area contributed by atoms with Gasteiger partial charge in [-0.05, 0) is 24.5 Å². The monoisotopic (exact) mass is 265 g/mol. The van der Waals surface area contributed by atoms with E-state index in [0.717, 1.165) is 31.7 Å². The van der Waals surface area contributed by atoms with Crippen LogP contribution in [0.3, 0.4) is 0 Å². The summed E-state index contributed by atoms with van der Waals surface area (Å²) < 4.78 is 0. The van der Waals surface area contributed by atoms with E-state index < -0.39 is 0 Å². The Bertz CT molecular complexity index is 390. The van der Waals surface area contributed by atoms with Crippen LogP contribution in [0.1, 0.15) is 31.5 Å². The quantitative estimate of drug-likeness (QED) is 0.769. The second-order valence-corrected chi connectivity index (χ2v) is 5.64. The van der Waals surface area contributed by atoms with Crippen LogP contribution in [-0.4, -0.2) is 28.0 Å². The van der Waals surface area contributed by atoms with Crippen molar-refractivity contribution in [3.63, 3.8) is 0 Å². The van der Waals surface area contributed by atoms with Crippen LogP contribution in [0.5, 0.6) is 0 Å². The first-order chi connectivity index (χ1) is 8.49. The van der Waals surface area contributed by atoms with Gasteiger partial charge in [0.2, 0.25) is 0 Å². The number of thiocarbonyl (C=S) groups is 1. The van der Waals surface area contributed by atoms with Crippen LogP contribution in [0.15, 0.2) is 18.3 Å². The number of rotatable bonds is 7. The zero-order valence-corrected chi connectivity index (χ0v) is 12.3. The van der Waals surface area contributed by atoms with Gasteiger partial charge in [-0.25, -0.2) is 0 Å². The Morgan fingerprint density at radius 3 is 2.78 bits per heavy atom. The predicted molar refractivity (Wildman–Crippen MR) is 80.5 cm³/mol. The molecule has 0 aromatic carbocycles. The van der Waals surface area contributed by atoms with Crippen molar-refractivity contribution >= 4 is 17.2 Å². The van der Waals surface area contributed by atoms with E-state index in [0.29, 0.717) is 10.9 Å². The van der Waals surface area contributed by atoms with Crippen molar-refractivity contribution in [2.45, 2.75) is 33.7 Å². The molecule has 0 saturated heterocycles. The fourth-order valence-corrected chi connectivity index (χ4v) is 2.01. The van der Waals surface area contributed by atoms with Crippen LogP contribution >= 0.6 is 12.2 Å². The molecule has 0 aliphatic rings. The third-order valence-corrected chi connectivity index (χ3v) is 2.99. The highest BCUT2D eigenvalue weighted by Gasteiger charge is 2.10. The Hall–Kier alpha value is -1.00. The minimum Gasteiger partial charge on any atom is -0.393 e. The maximum absolute atomic E-state index is 5.58. The number of hydrogen-bond donors (Lipinski definition) is 1. The Labute approximate surface area is 115 Å². The van der Waals surface area contributed by atoms with Crippen LogP contribution in [0.2, 0.25) is 0 Å². The lowest BCUT2D eigenvalue weighted by Crippen LogP contribution is -2.31. The van der Waals surface area contributed by atoms with E-state index >= 15 is 0 Å². The molecule has 0 radical (unpaired) electrons. The van der Waals surface area contributed by atoms with Gasteiger partial charge < -0.3 is 5.73 Å². The van der Waals surface area contributed by atoms with Crippen LogP contribution in [0.25, 0.3) is 0 Å². The van der Waals surface area contributed by atoms with E-state index in [2.05, 4.69) is 36.7 Å². The number of hydrogen-bond acceptors (Lipinski definition) is 3. The van der Waals surface area contributed by atoms with Gasteiger partial charge in [-0.1, -0.05) is 32.1 Å². The Kier molecular flexibility index (Phi) is 6.22. The lowest BCUT2D eigenvalue weighted by molar-refractivity contribution is 0.239. The van der Waals surface area contributed by atoms with E-state index in [9.17, 15) is 0 Å². The summed E-state index contributed by atoms with van der Waals surface area (Å²) in [7, 11) is 0. The number of nitrogens with two attached hydrogens (primary N) is 1. The van der Waals surface area contributed by atoms with Crippen molar-refractivity contribution in [2.75, 3.05) is 13.1 Å². The van der Waals surface area contributed by atoms with E-state index in [1.165, 1.54) is 5.56 Å². The topological polar surface area (TPSA) is 42.2 Å². The van der Waals surface area contributed by atoms with Crippen molar-refractivity contribution in [1.82, 2.24) is 9.88 Å². The van der Waals surface area contributed by atoms with Gasteiger partial charge in [-0.2, -0.15) is 0 Å². The second-order valence-electron chi connectivity index (χ2n) is 5.11. The zero-order chi connectivity index (χ0) is 13.5. The van der Waals surface area contributed by atoms with Crippen LogP contribution in [0, 0.1) is 12.8 Å². The first-order valence-corrected chi connectivity index (χ1v) is 6.81. The van der Waals surface area contributed by atoms with E-state index in [1.807, 2.05) is 12.3 Å². The summed E-state index contributed by atoms with van der Waals surface area (Å²) in [4.78, 5) is 7.41. The van der Waals surface area contributed by atoms with Crippen molar-refractivity contribution in [3.8, 4) is 0 Å². The number of aryl methyl sites for hydroxylation is 1. The minimum atomic E-state index is 0.585. The van der Waals surface area contributed by atoms with Crippen LogP contribution in [0.4, 0.5) is 0 Å². The van der Waals surface area contributed by atoms with Gasteiger partial charge in [0, 0.05) is 32.3 Å². The first kappa shape index (κ1) is 15.1. The number of aromatic nitrogens is 1. The highest BCUT2D eigenvalue weighted by atomic mass is 32.1. The molecule has 4 heteroatoms. The molecule has 0 bridgehead atoms. The SMILES string of the molecule is Cc1cccnc1CN(CCC(N)=S)CC(C)C.